The van der Waals surface area contributed by atoms with Crippen LogP contribution in [0.5, 0.6) is 0 Å². The van der Waals surface area contributed by atoms with Crippen molar-refractivity contribution in [2.45, 2.75) is 34.6 Å². The molecule has 0 spiro atoms. The van der Waals surface area contributed by atoms with Crippen molar-refractivity contribution in [1.82, 2.24) is 5.32 Å². The summed E-state index contributed by atoms with van der Waals surface area (Å²) in [6.45, 7) is 12.0. The van der Waals surface area contributed by atoms with Crippen LogP contribution in [0, 0.1) is 22.6 Å². The van der Waals surface area contributed by atoms with Gasteiger partial charge in [0.2, 0.25) is 0 Å². The van der Waals surface area contributed by atoms with Crippen molar-refractivity contribution >= 4 is 11.6 Å². The van der Waals surface area contributed by atoms with E-state index in [-0.39, 0.29) is 22.4 Å². The number of carbonyl (C=O) groups is 1. The van der Waals surface area contributed by atoms with Crippen molar-refractivity contribution in [2.75, 3.05) is 18.4 Å². The van der Waals surface area contributed by atoms with Crippen molar-refractivity contribution in [3.8, 4) is 0 Å². The van der Waals surface area contributed by atoms with Crippen LogP contribution in [0.3, 0.4) is 0 Å². The van der Waals surface area contributed by atoms with Crippen molar-refractivity contribution in [1.29, 1.82) is 0 Å². The van der Waals surface area contributed by atoms with Crippen molar-refractivity contribution < 1.29 is 9.18 Å². The van der Waals surface area contributed by atoms with E-state index in [1.165, 1.54) is 6.07 Å². The minimum Gasteiger partial charge on any atom is -0.382 e. The molecule has 0 unspecified atom stereocenters. The van der Waals surface area contributed by atoms with Crippen LogP contribution in [0.1, 0.15) is 45.0 Å². The van der Waals surface area contributed by atoms with Gasteiger partial charge in [0.1, 0.15) is 5.82 Å². The Morgan fingerprint density at radius 3 is 2.38 bits per heavy atom. The van der Waals surface area contributed by atoms with E-state index in [0.717, 1.165) is 0 Å². The number of para-hydroxylation sites is 1. The summed E-state index contributed by atoms with van der Waals surface area (Å²) in [6.07, 6.45) is 0. The number of nitrogens with one attached hydrogen (secondary N) is 2. The molecule has 4 heteroatoms. The predicted octanol–water partition coefficient (Wildman–Crippen LogP) is 3.67. The van der Waals surface area contributed by atoms with Crippen molar-refractivity contribution in [3.05, 3.63) is 29.6 Å². The van der Waals surface area contributed by atoms with E-state index >= 15 is 0 Å². The lowest BCUT2D eigenvalue weighted by Gasteiger charge is -2.12. The zero-order chi connectivity index (χ0) is 15.8. The van der Waals surface area contributed by atoms with Crippen molar-refractivity contribution in [3.63, 3.8) is 0 Å². The van der Waals surface area contributed by atoms with Gasteiger partial charge < -0.3 is 10.6 Å². The van der Waals surface area contributed by atoms with Crippen LogP contribution in [-0.2, 0) is 0 Å². The van der Waals surface area contributed by atoms with Crippen LogP contribution in [0.15, 0.2) is 18.2 Å². The Labute approximate surface area is 126 Å². The van der Waals surface area contributed by atoms with E-state index in [2.05, 4.69) is 38.3 Å². The van der Waals surface area contributed by atoms with Gasteiger partial charge in [-0.05, 0) is 35.8 Å². The fourth-order valence-corrected chi connectivity index (χ4v) is 3.20. The Balaban J connectivity index is 2.07. The number of hydrogen-bond donors (Lipinski definition) is 2. The smallest absolute Gasteiger partial charge is 0.253 e. The lowest BCUT2D eigenvalue weighted by atomic mass is 10.0. The molecule has 116 valence electrons. The van der Waals surface area contributed by atoms with Crippen LogP contribution in [-0.4, -0.2) is 19.0 Å². The largest absolute Gasteiger partial charge is 0.382 e. The summed E-state index contributed by atoms with van der Waals surface area (Å²) in [5, 5.41) is 5.88. The first-order valence-corrected chi connectivity index (χ1v) is 7.54. The van der Waals surface area contributed by atoms with E-state index in [1.54, 1.807) is 12.1 Å². The van der Waals surface area contributed by atoms with Gasteiger partial charge in [-0.2, -0.15) is 0 Å². The van der Waals surface area contributed by atoms with Gasteiger partial charge in [-0.3, -0.25) is 4.79 Å². The summed E-state index contributed by atoms with van der Waals surface area (Å²) in [4.78, 5) is 12.3. The van der Waals surface area contributed by atoms with Gasteiger partial charge in [-0.15, -0.1) is 0 Å². The summed E-state index contributed by atoms with van der Waals surface area (Å²) in [5.74, 6) is -0.161. The highest BCUT2D eigenvalue weighted by molar-refractivity contribution is 5.99. The predicted molar refractivity (Wildman–Crippen MR) is 83.9 cm³/mol. The maximum Gasteiger partial charge on any atom is 0.253 e. The number of halogens is 1. The Hall–Kier alpha value is -1.58. The molecular weight excluding hydrogens is 267 g/mol. The molecular formula is C17H25FN2O. The molecule has 0 radical (unpaired) electrons. The van der Waals surface area contributed by atoms with Crippen molar-refractivity contribution in [2.24, 2.45) is 16.7 Å². The first-order chi connectivity index (χ1) is 9.73. The molecule has 0 heterocycles. The van der Waals surface area contributed by atoms with Gasteiger partial charge in [0, 0.05) is 13.1 Å². The number of benzene rings is 1. The topological polar surface area (TPSA) is 41.1 Å². The van der Waals surface area contributed by atoms with E-state index < -0.39 is 5.82 Å². The monoisotopic (exact) mass is 292 g/mol. The third kappa shape index (κ3) is 2.63. The summed E-state index contributed by atoms with van der Waals surface area (Å²) < 4.78 is 13.8. The second-order valence-electron chi connectivity index (χ2n) is 6.90. The van der Waals surface area contributed by atoms with Crippen LogP contribution in [0.25, 0.3) is 0 Å². The second-order valence-corrected chi connectivity index (χ2v) is 6.90. The average Bonchev–Trinajstić information content (AvgIpc) is 2.79. The molecule has 0 atom stereocenters. The quantitative estimate of drug-likeness (QED) is 0.869. The highest BCUT2D eigenvalue weighted by Crippen LogP contribution is 2.67. The molecule has 1 aromatic rings. The summed E-state index contributed by atoms with van der Waals surface area (Å²) in [5.41, 5.74) is 1.11. The number of hydrogen-bond acceptors (Lipinski definition) is 2. The molecule has 21 heavy (non-hydrogen) atoms. The van der Waals surface area contributed by atoms with E-state index in [0.29, 0.717) is 24.6 Å². The summed E-state index contributed by atoms with van der Waals surface area (Å²) in [7, 11) is 0. The minimum absolute atomic E-state index is 0.219. The van der Waals surface area contributed by atoms with Crippen LogP contribution in [0.4, 0.5) is 10.1 Å². The van der Waals surface area contributed by atoms with Crippen LogP contribution < -0.4 is 10.6 Å². The zero-order valence-corrected chi connectivity index (χ0v) is 13.5. The molecule has 0 aromatic heterocycles. The van der Waals surface area contributed by atoms with E-state index in [1.807, 2.05) is 6.92 Å². The van der Waals surface area contributed by atoms with Gasteiger partial charge in [0.25, 0.3) is 5.91 Å². The first-order valence-electron chi connectivity index (χ1n) is 7.54. The Kier molecular flexibility index (Phi) is 4.00. The molecule has 0 bridgehead atoms. The zero-order valence-electron chi connectivity index (χ0n) is 13.5. The maximum absolute atomic E-state index is 13.8. The molecule has 1 amide bonds. The van der Waals surface area contributed by atoms with Gasteiger partial charge in [-0.25, -0.2) is 4.39 Å². The standard InChI is InChI=1S/C17H25FN2O/c1-6-19-14-11(8-7-9-12(14)18)15(21)20-10-13-16(2,3)17(13,4)5/h7-9,13,19H,6,10H2,1-5H3,(H,20,21). The molecule has 1 saturated carbocycles. The molecule has 1 fully saturated rings. The third-order valence-electron chi connectivity index (χ3n) is 5.40. The fourth-order valence-electron chi connectivity index (χ4n) is 3.20. The Morgan fingerprint density at radius 2 is 1.86 bits per heavy atom. The molecule has 3 nitrogen and oxygen atoms in total. The van der Waals surface area contributed by atoms with Gasteiger partial charge in [-0.1, -0.05) is 33.8 Å². The molecule has 2 N–H and O–H groups in total. The summed E-state index contributed by atoms with van der Waals surface area (Å²) >= 11 is 0. The van der Waals surface area contributed by atoms with Crippen LogP contribution >= 0.6 is 0 Å². The number of amides is 1. The molecule has 0 aliphatic heterocycles. The Morgan fingerprint density at radius 1 is 1.24 bits per heavy atom. The number of carbonyl (C=O) groups excluding carboxylic acids is 1. The highest BCUT2D eigenvalue weighted by Gasteiger charge is 2.64. The summed E-state index contributed by atoms with van der Waals surface area (Å²) in [6, 6.07) is 4.58. The number of anilines is 1. The van der Waals surface area contributed by atoms with E-state index in [9.17, 15) is 9.18 Å². The van der Waals surface area contributed by atoms with Gasteiger partial charge in [0.05, 0.1) is 11.3 Å². The first kappa shape index (κ1) is 15.8. The molecule has 2 rings (SSSR count). The lowest BCUT2D eigenvalue weighted by molar-refractivity contribution is 0.0950. The average molecular weight is 292 g/mol. The molecule has 0 saturated heterocycles. The molecule has 1 aliphatic carbocycles. The molecule has 1 aromatic carbocycles. The fraction of sp³-hybridized carbons (Fsp3) is 0.588. The maximum atomic E-state index is 13.8. The minimum atomic E-state index is -0.392. The van der Waals surface area contributed by atoms with E-state index in [4.69, 9.17) is 0 Å². The third-order valence-corrected chi connectivity index (χ3v) is 5.40. The SMILES string of the molecule is CCNc1c(F)cccc1C(=O)NCC1C(C)(C)C1(C)C. The lowest BCUT2D eigenvalue weighted by Crippen LogP contribution is -2.28. The van der Waals surface area contributed by atoms with Gasteiger partial charge in [0.15, 0.2) is 0 Å². The normalized spacial score (nSPS) is 19.1. The second kappa shape index (κ2) is 5.32. The van der Waals surface area contributed by atoms with Gasteiger partial charge >= 0.3 is 0 Å². The highest BCUT2D eigenvalue weighted by atomic mass is 19.1. The Bertz CT molecular complexity index is 538. The van der Waals surface area contributed by atoms with Crippen LogP contribution in [0.2, 0.25) is 0 Å². The molecule has 1 aliphatic rings. The number of rotatable bonds is 5.